The number of aromatic nitrogens is 3. The fourth-order valence-electron chi connectivity index (χ4n) is 2.68. The number of ether oxygens (including phenoxy) is 1. The van der Waals surface area contributed by atoms with Gasteiger partial charge in [-0.3, -0.25) is 9.69 Å². The zero-order valence-corrected chi connectivity index (χ0v) is 16.2. The van der Waals surface area contributed by atoms with E-state index < -0.39 is 0 Å². The number of morpholine rings is 1. The van der Waals surface area contributed by atoms with Gasteiger partial charge in [0.05, 0.1) is 25.5 Å². The Bertz CT molecular complexity index is 731. The van der Waals surface area contributed by atoms with Crippen LogP contribution >= 0.6 is 23.4 Å². The van der Waals surface area contributed by atoms with Crippen LogP contribution in [0.4, 0.5) is 5.69 Å². The van der Waals surface area contributed by atoms with Crippen molar-refractivity contribution < 1.29 is 9.53 Å². The maximum Gasteiger partial charge on any atom is 0.234 e. The number of hydrogen-bond acceptors (Lipinski definition) is 6. The summed E-state index contributed by atoms with van der Waals surface area (Å²) in [7, 11) is 0. The number of anilines is 1. The van der Waals surface area contributed by atoms with Gasteiger partial charge in [0.2, 0.25) is 5.91 Å². The zero-order chi connectivity index (χ0) is 18.4. The highest BCUT2D eigenvalue weighted by Crippen LogP contribution is 2.19. The molecule has 1 fully saturated rings. The molecule has 1 amide bonds. The zero-order valence-electron chi connectivity index (χ0n) is 14.7. The average Bonchev–Trinajstić information content (AvgIpc) is 3.04. The molecule has 1 N–H and O–H groups in total. The standard InChI is InChI=1S/C17H22ClN5O2S/c1-2-23-15(11-22-7-9-25-10-8-22)20-21-17(23)26-12-16(24)19-14-5-3-13(18)4-6-14/h3-6H,2,7-12H2,1H3,(H,19,24). The predicted octanol–water partition coefficient (Wildman–Crippen LogP) is 2.51. The van der Waals surface area contributed by atoms with Gasteiger partial charge in [-0.1, -0.05) is 23.4 Å². The molecule has 2 heterocycles. The molecule has 9 heteroatoms. The Kier molecular flexibility index (Phi) is 6.90. The minimum absolute atomic E-state index is 0.0855. The average molecular weight is 396 g/mol. The van der Waals surface area contributed by atoms with E-state index in [0.29, 0.717) is 5.02 Å². The summed E-state index contributed by atoms with van der Waals surface area (Å²) in [6, 6.07) is 7.05. The van der Waals surface area contributed by atoms with Crippen LogP contribution in [-0.2, 0) is 22.6 Å². The second-order valence-electron chi connectivity index (χ2n) is 5.88. The number of nitrogens with one attached hydrogen (secondary N) is 1. The van der Waals surface area contributed by atoms with Crippen molar-refractivity contribution in [2.75, 3.05) is 37.4 Å². The number of hydrogen-bond donors (Lipinski definition) is 1. The molecule has 26 heavy (non-hydrogen) atoms. The van der Waals surface area contributed by atoms with Crippen LogP contribution < -0.4 is 5.32 Å². The Balaban J connectivity index is 1.55. The first-order valence-corrected chi connectivity index (χ1v) is 9.92. The molecule has 3 rings (SSSR count). The molecule has 140 valence electrons. The van der Waals surface area contributed by atoms with Crippen molar-refractivity contribution in [3.8, 4) is 0 Å². The van der Waals surface area contributed by atoms with Crippen molar-refractivity contribution in [3.63, 3.8) is 0 Å². The van der Waals surface area contributed by atoms with Gasteiger partial charge >= 0.3 is 0 Å². The number of rotatable bonds is 7. The molecule has 1 aliphatic heterocycles. The summed E-state index contributed by atoms with van der Waals surface area (Å²) in [5.74, 6) is 1.12. The van der Waals surface area contributed by atoms with Crippen molar-refractivity contribution in [2.45, 2.75) is 25.2 Å². The number of carbonyl (C=O) groups excluding carboxylic acids is 1. The van der Waals surface area contributed by atoms with Crippen LogP contribution in [0.25, 0.3) is 0 Å². The lowest BCUT2D eigenvalue weighted by atomic mass is 10.3. The first-order valence-electron chi connectivity index (χ1n) is 8.56. The smallest absolute Gasteiger partial charge is 0.234 e. The largest absolute Gasteiger partial charge is 0.379 e. The maximum absolute atomic E-state index is 12.1. The van der Waals surface area contributed by atoms with E-state index in [0.717, 1.165) is 56.1 Å². The molecular weight excluding hydrogens is 374 g/mol. The lowest BCUT2D eigenvalue weighted by Gasteiger charge is -2.26. The summed E-state index contributed by atoms with van der Waals surface area (Å²) >= 11 is 7.24. The molecule has 7 nitrogen and oxygen atoms in total. The molecule has 0 unspecified atom stereocenters. The topological polar surface area (TPSA) is 72.3 Å². The number of carbonyl (C=O) groups is 1. The third-order valence-electron chi connectivity index (χ3n) is 4.04. The molecule has 0 atom stereocenters. The highest BCUT2D eigenvalue weighted by molar-refractivity contribution is 7.99. The van der Waals surface area contributed by atoms with Crippen molar-refractivity contribution >= 4 is 35.0 Å². The third kappa shape index (κ3) is 5.20. The first kappa shape index (κ1) is 19.2. The van der Waals surface area contributed by atoms with Crippen molar-refractivity contribution in [2.24, 2.45) is 0 Å². The number of amides is 1. The summed E-state index contributed by atoms with van der Waals surface area (Å²) < 4.78 is 7.44. The fraction of sp³-hybridized carbons (Fsp3) is 0.471. The number of thioether (sulfide) groups is 1. The van der Waals surface area contributed by atoms with Gasteiger partial charge < -0.3 is 14.6 Å². The summed E-state index contributed by atoms with van der Waals surface area (Å²) in [5.41, 5.74) is 0.727. The Morgan fingerprint density at radius 1 is 1.27 bits per heavy atom. The minimum atomic E-state index is -0.0855. The molecule has 1 saturated heterocycles. The van der Waals surface area contributed by atoms with Crippen LogP contribution in [-0.4, -0.2) is 57.6 Å². The van der Waals surface area contributed by atoms with E-state index in [1.54, 1.807) is 24.3 Å². The van der Waals surface area contributed by atoms with Gasteiger partial charge in [0.1, 0.15) is 5.82 Å². The second-order valence-corrected chi connectivity index (χ2v) is 7.25. The highest BCUT2D eigenvalue weighted by atomic mass is 35.5. The molecule has 1 aromatic carbocycles. The van der Waals surface area contributed by atoms with Gasteiger partial charge in [0.25, 0.3) is 0 Å². The van der Waals surface area contributed by atoms with Gasteiger partial charge in [0.15, 0.2) is 5.16 Å². The molecular formula is C17H22ClN5O2S. The van der Waals surface area contributed by atoms with Crippen LogP contribution in [0.15, 0.2) is 29.4 Å². The molecule has 0 radical (unpaired) electrons. The van der Waals surface area contributed by atoms with Crippen LogP contribution in [0.5, 0.6) is 0 Å². The SMILES string of the molecule is CCn1c(CN2CCOCC2)nnc1SCC(=O)Nc1ccc(Cl)cc1. The van der Waals surface area contributed by atoms with Crippen LogP contribution in [0, 0.1) is 0 Å². The molecule has 1 aliphatic rings. The quantitative estimate of drug-likeness (QED) is 0.726. The van der Waals surface area contributed by atoms with E-state index in [2.05, 4.69) is 31.9 Å². The van der Waals surface area contributed by atoms with Crippen LogP contribution in [0.1, 0.15) is 12.7 Å². The maximum atomic E-state index is 12.1. The second kappa shape index (κ2) is 9.36. The van der Waals surface area contributed by atoms with E-state index in [-0.39, 0.29) is 11.7 Å². The Hall–Kier alpha value is -1.61. The summed E-state index contributed by atoms with van der Waals surface area (Å²) in [6.45, 7) is 6.91. The predicted molar refractivity (Wildman–Crippen MR) is 103 cm³/mol. The minimum Gasteiger partial charge on any atom is -0.379 e. The van der Waals surface area contributed by atoms with E-state index in [1.807, 2.05) is 0 Å². The molecule has 0 aliphatic carbocycles. The molecule has 0 spiro atoms. The third-order valence-corrected chi connectivity index (χ3v) is 5.26. The van der Waals surface area contributed by atoms with E-state index in [1.165, 1.54) is 11.8 Å². The Morgan fingerprint density at radius 2 is 2.00 bits per heavy atom. The van der Waals surface area contributed by atoms with Crippen molar-refractivity contribution in [1.29, 1.82) is 0 Å². The van der Waals surface area contributed by atoms with E-state index >= 15 is 0 Å². The first-order chi connectivity index (χ1) is 12.7. The van der Waals surface area contributed by atoms with E-state index in [4.69, 9.17) is 16.3 Å². The van der Waals surface area contributed by atoms with E-state index in [9.17, 15) is 4.79 Å². The molecule has 0 bridgehead atoms. The highest BCUT2D eigenvalue weighted by Gasteiger charge is 2.17. The van der Waals surface area contributed by atoms with Gasteiger partial charge in [0, 0.05) is 30.3 Å². The number of benzene rings is 1. The molecule has 0 saturated carbocycles. The van der Waals surface area contributed by atoms with Gasteiger partial charge in [-0.05, 0) is 31.2 Å². The number of halogens is 1. The van der Waals surface area contributed by atoms with Gasteiger partial charge in [-0.15, -0.1) is 10.2 Å². The fourth-order valence-corrected chi connectivity index (χ4v) is 3.63. The lowest BCUT2D eigenvalue weighted by molar-refractivity contribution is -0.113. The normalized spacial score (nSPS) is 15.2. The Morgan fingerprint density at radius 3 is 2.69 bits per heavy atom. The molecule has 1 aromatic heterocycles. The van der Waals surface area contributed by atoms with Crippen LogP contribution in [0.3, 0.4) is 0 Å². The summed E-state index contributed by atoms with van der Waals surface area (Å²) in [4.78, 5) is 14.5. The van der Waals surface area contributed by atoms with Crippen LogP contribution in [0.2, 0.25) is 5.02 Å². The van der Waals surface area contributed by atoms with Gasteiger partial charge in [-0.25, -0.2) is 0 Å². The molecule has 2 aromatic rings. The Labute approximate surface area is 162 Å². The lowest BCUT2D eigenvalue weighted by Crippen LogP contribution is -2.36. The monoisotopic (exact) mass is 395 g/mol. The van der Waals surface area contributed by atoms with Crippen molar-refractivity contribution in [1.82, 2.24) is 19.7 Å². The van der Waals surface area contributed by atoms with Gasteiger partial charge in [-0.2, -0.15) is 0 Å². The summed E-state index contributed by atoms with van der Waals surface area (Å²) in [5, 5.41) is 12.8. The van der Waals surface area contributed by atoms with Crippen molar-refractivity contribution in [3.05, 3.63) is 35.1 Å². The number of nitrogens with zero attached hydrogens (tertiary/aromatic N) is 4. The summed E-state index contributed by atoms with van der Waals surface area (Å²) in [6.07, 6.45) is 0.